The van der Waals surface area contributed by atoms with Crippen LogP contribution in [0.5, 0.6) is 0 Å². The van der Waals surface area contributed by atoms with Crippen LogP contribution in [0, 0.1) is 0 Å². The van der Waals surface area contributed by atoms with Gasteiger partial charge in [-0.25, -0.2) is 0 Å². The van der Waals surface area contributed by atoms with Gasteiger partial charge in [-0.05, 0) is 83.6 Å². The van der Waals surface area contributed by atoms with Gasteiger partial charge in [-0.1, -0.05) is 48.5 Å². The molecule has 20 nitrogen and oxygen atoms in total. The van der Waals surface area contributed by atoms with Crippen LogP contribution in [0.3, 0.4) is 0 Å². The molecule has 0 saturated carbocycles. The van der Waals surface area contributed by atoms with Crippen LogP contribution in [0.2, 0.25) is 0 Å². The smallest absolute Gasteiger partial charge is 0.323 e. The third kappa shape index (κ3) is 10.4. The lowest BCUT2D eigenvalue weighted by Crippen LogP contribution is -2.31. The van der Waals surface area contributed by atoms with Crippen LogP contribution in [0.15, 0.2) is 97.1 Å². The second-order valence-corrected chi connectivity index (χ2v) is 15.2. The van der Waals surface area contributed by atoms with Gasteiger partial charge in [-0.15, -0.1) is 0 Å². The summed E-state index contributed by atoms with van der Waals surface area (Å²) in [6.07, 6.45) is 0.900. The van der Waals surface area contributed by atoms with Crippen molar-refractivity contribution in [3.8, 4) is 0 Å². The molecule has 0 aliphatic carbocycles. The molecule has 0 amide bonds. The summed E-state index contributed by atoms with van der Waals surface area (Å²) in [6, 6.07) is 28.6. The molecular formula is C44H44N12O8. The van der Waals surface area contributed by atoms with E-state index >= 15 is 0 Å². The fraction of sp³-hybridized carbons (Fsp3) is 0.227. The van der Waals surface area contributed by atoms with Crippen molar-refractivity contribution in [2.75, 3.05) is 83.8 Å². The monoisotopic (exact) mass is 868 g/mol. The Labute approximate surface area is 367 Å². The molecule has 9 heterocycles. The number of hydrogen-bond acceptors (Lipinski definition) is 16. The van der Waals surface area contributed by atoms with Crippen LogP contribution in [-0.4, -0.2) is 129 Å². The van der Waals surface area contributed by atoms with E-state index in [0.717, 1.165) is 22.3 Å². The molecule has 7 aliphatic rings. The highest BCUT2D eigenvalue weighted by molar-refractivity contribution is 5.81. The van der Waals surface area contributed by atoms with Crippen LogP contribution in [0.1, 0.15) is 22.3 Å². The molecule has 328 valence electrons. The SMILES string of the molecule is CN(C)c1nc2nc(n1)N(CC(=O)O)c1ccc(cc1)Cc1ccc(cc1)N(CC(=O)O)c1nc(N(C)C)nc(n1)N(CC(=O)O)c1ccc(cc1)Cc1ccc(cc1)N2CC(=O)O. The Balaban J connectivity index is 1.38. The van der Waals surface area contributed by atoms with Crippen LogP contribution in [0.4, 0.5) is 58.4 Å². The molecular weight excluding hydrogens is 825 g/mol. The zero-order valence-electron chi connectivity index (χ0n) is 35.3. The van der Waals surface area contributed by atoms with Gasteiger partial charge in [0.15, 0.2) is 0 Å². The summed E-state index contributed by atoms with van der Waals surface area (Å²) in [5, 5.41) is 40.1. The van der Waals surface area contributed by atoms with Crippen molar-refractivity contribution in [3.05, 3.63) is 119 Å². The summed E-state index contributed by atoms with van der Waals surface area (Å²) in [5.74, 6) is -4.34. The molecule has 2 aromatic heterocycles. The first-order chi connectivity index (χ1) is 30.6. The number of anilines is 10. The van der Waals surface area contributed by atoms with E-state index in [0.29, 0.717) is 35.6 Å². The summed E-state index contributed by atoms with van der Waals surface area (Å²) >= 11 is 0. The molecule has 0 saturated heterocycles. The van der Waals surface area contributed by atoms with Gasteiger partial charge in [0.25, 0.3) is 0 Å². The third-order valence-electron chi connectivity index (χ3n) is 9.95. The van der Waals surface area contributed by atoms with Crippen LogP contribution in [0.25, 0.3) is 0 Å². The van der Waals surface area contributed by atoms with E-state index in [9.17, 15) is 39.6 Å². The van der Waals surface area contributed by atoms with Crippen molar-refractivity contribution >= 4 is 82.3 Å². The highest BCUT2D eigenvalue weighted by Crippen LogP contribution is 2.32. The molecule has 0 radical (unpaired) electrons. The quantitative estimate of drug-likeness (QED) is 0.147. The molecule has 13 rings (SSSR count). The first-order valence-electron chi connectivity index (χ1n) is 19.8. The van der Waals surface area contributed by atoms with Gasteiger partial charge in [0.1, 0.15) is 26.2 Å². The Kier molecular flexibility index (Phi) is 12.7. The lowest BCUT2D eigenvalue weighted by Gasteiger charge is -2.26. The topological polar surface area (TPSA) is 246 Å². The Bertz CT molecular complexity index is 2310. The molecule has 0 atom stereocenters. The van der Waals surface area contributed by atoms with Crippen molar-refractivity contribution in [2.45, 2.75) is 12.8 Å². The molecule has 0 unspecified atom stereocenters. The predicted octanol–water partition coefficient (Wildman–Crippen LogP) is 4.57. The highest BCUT2D eigenvalue weighted by atomic mass is 16.4. The molecule has 12 bridgehead atoms. The van der Waals surface area contributed by atoms with E-state index in [4.69, 9.17) is 0 Å². The Morgan fingerprint density at radius 1 is 0.391 bits per heavy atom. The lowest BCUT2D eigenvalue weighted by atomic mass is 10.0. The maximum Gasteiger partial charge on any atom is 0.323 e. The Morgan fingerprint density at radius 2 is 0.594 bits per heavy atom. The molecule has 7 aliphatic heterocycles. The van der Waals surface area contributed by atoms with Gasteiger partial charge >= 0.3 is 23.9 Å². The molecule has 4 aromatic carbocycles. The lowest BCUT2D eigenvalue weighted by molar-refractivity contribution is -0.136. The average Bonchev–Trinajstić information content (AvgIpc) is 3.26. The maximum atomic E-state index is 12.3. The number of rotatable bonds is 10. The number of carboxylic acids is 4. The zero-order chi connectivity index (χ0) is 45.7. The van der Waals surface area contributed by atoms with Crippen molar-refractivity contribution in [1.29, 1.82) is 0 Å². The summed E-state index contributed by atoms with van der Waals surface area (Å²) in [4.78, 5) is 85.6. The number of benzene rings is 4. The number of nitrogens with zero attached hydrogens (tertiary/aromatic N) is 12. The fourth-order valence-corrected chi connectivity index (χ4v) is 6.87. The predicted molar refractivity (Wildman–Crippen MR) is 238 cm³/mol. The van der Waals surface area contributed by atoms with Crippen LogP contribution in [-0.2, 0) is 32.0 Å². The van der Waals surface area contributed by atoms with Gasteiger partial charge in [0, 0.05) is 50.9 Å². The van der Waals surface area contributed by atoms with E-state index in [2.05, 4.69) is 29.9 Å². The molecule has 0 fully saturated rings. The minimum atomic E-state index is -1.16. The maximum absolute atomic E-state index is 12.3. The van der Waals surface area contributed by atoms with Gasteiger partial charge in [-0.3, -0.25) is 38.8 Å². The summed E-state index contributed by atoms with van der Waals surface area (Å²) in [5.41, 5.74) is 5.30. The second-order valence-electron chi connectivity index (χ2n) is 15.2. The van der Waals surface area contributed by atoms with E-state index in [1.807, 2.05) is 48.5 Å². The molecule has 6 aromatic rings. The minimum absolute atomic E-state index is 0.0149. The standard InChI is InChI=1S/C44H44N12O8/c1-51(2)39-45-41-49-42(46-39)54(24-36(59)60)32-15-7-28(8-16-32)22-30-11-19-34(20-12-30)56(26-38(63)64)44-48-40(52(3)4)47-43(50-44)55(25-37(61)62)33-17-9-29(10-18-33)21-27-5-13-31(14-6-27)53(41)23-35(57)58/h5-20H,21-26H2,1-4H3,(H,57,58)(H,59,60)(H,61,62)(H,63,64). The number of aliphatic carboxylic acids is 4. The van der Waals surface area contributed by atoms with Crippen LogP contribution < -0.4 is 29.4 Å². The van der Waals surface area contributed by atoms with E-state index in [1.165, 1.54) is 19.6 Å². The van der Waals surface area contributed by atoms with Gasteiger partial charge in [0.2, 0.25) is 35.7 Å². The number of carbonyl (C=O) groups is 4. The first-order valence-corrected chi connectivity index (χ1v) is 19.8. The van der Waals surface area contributed by atoms with E-state index < -0.39 is 50.1 Å². The Morgan fingerprint density at radius 3 is 0.766 bits per heavy atom. The molecule has 0 spiro atoms. The normalized spacial score (nSPS) is 12.6. The highest BCUT2D eigenvalue weighted by Gasteiger charge is 2.26. The van der Waals surface area contributed by atoms with Crippen LogP contribution >= 0.6 is 0 Å². The number of aromatic nitrogens is 6. The first kappa shape index (κ1) is 43.7. The fourth-order valence-electron chi connectivity index (χ4n) is 6.87. The number of hydrogen-bond donors (Lipinski definition) is 4. The van der Waals surface area contributed by atoms with E-state index in [-0.39, 0.29) is 35.7 Å². The van der Waals surface area contributed by atoms with Crippen molar-refractivity contribution in [2.24, 2.45) is 0 Å². The third-order valence-corrected chi connectivity index (χ3v) is 9.95. The minimum Gasteiger partial charge on any atom is -0.480 e. The van der Waals surface area contributed by atoms with Gasteiger partial charge in [0.05, 0.1) is 0 Å². The summed E-state index contributed by atoms with van der Waals surface area (Å²) < 4.78 is 0. The summed E-state index contributed by atoms with van der Waals surface area (Å²) in [7, 11) is 6.82. The molecule has 4 N–H and O–H groups in total. The number of carboxylic acid groups (broad SMARTS) is 4. The van der Waals surface area contributed by atoms with Crippen molar-refractivity contribution in [1.82, 2.24) is 29.9 Å². The summed E-state index contributed by atoms with van der Waals surface area (Å²) in [6.45, 7) is -2.08. The molecule has 20 heteroatoms. The second kappa shape index (κ2) is 18.7. The zero-order valence-corrected chi connectivity index (χ0v) is 35.3. The Hall–Kier alpha value is -8.42. The van der Waals surface area contributed by atoms with Gasteiger partial charge < -0.3 is 30.2 Å². The van der Waals surface area contributed by atoms with Gasteiger partial charge in [-0.2, -0.15) is 29.9 Å². The largest absolute Gasteiger partial charge is 0.480 e. The molecule has 64 heavy (non-hydrogen) atoms. The van der Waals surface area contributed by atoms with E-state index in [1.54, 1.807) is 86.5 Å². The van der Waals surface area contributed by atoms with Crippen molar-refractivity contribution in [3.63, 3.8) is 0 Å². The average molecular weight is 869 g/mol. The van der Waals surface area contributed by atoms with Crippen molar-refractivity contribution < 1.29 is 39.6 Å².